The maximum absolute atomic E-state index is 5.48. The van der Waals surface area contributed by atoms with E-state index < -0.39 is 0 Å². The number of hydrogen-bond donors (Lipinski definition) is 2. The van der Waals surface area contributed by atoms with Crippen LogP contribution in [-0.4, -0.2) is 47.0 Å². The number of aromatic nitrogens is 3. The quantitative estimate of drug-likeness (QED) is 0.479. The average molecular weight is 449 g/mol. The van der Waals surface area contributed by atoms with E-state index in [4.69, 9.17) is 9.73 Å². The van der Waals surface area contributed by atoms with E-state index >= 15 is 0 Å². The summed E-state index contributed by atoms with van der Waals surface area (Å²) in [6.45, 7) is 8.20. The van der Waals surface area contributed by atoms with Crippen molar-refractivity contribution in [3.63, 3.8) is 0 Å². The molecular formula is C20H29BrN6O. The fraction of sp³-hybridized carbons (Fsp3) is 0.550. The number of hydrogen-bond acceptors (Lipinski definition) is 4. The number of ether oxygens (including phenoxy) is 1. The Labute approximate surface area is 175 Å². The van der Waals surface area contributed by atoms with Crippen molar-refractivity contribution >= 4 is 21.9 Å². The van der Waals surface area contributed by atoms with Gasteiger partial charge in [0.05, 0.1) is 12.6 Å². The van der Waals surface area contributed by atoms with Crippen LogP contribution in [0, 0.1) is 5.92 Å². The Morgan fingerprint density at radius 2 is 2.29 bits per heavy atom. The molecule has 0 aliphatic carbocycles. The molecule has 3 rings (SSSR count). The molecule has 0 amide bonds. The number of rotatable bonds is 8. The van der Waals surface area contributed by atoms with Crippen molar-refractivity contribution in [1.82, 2.24) is 25.4 Å². The third-order valence-corrected chi connectivity index (χ3v) is 5.64. The van der Waals surface area contributed by atoms with Crippen LogP contribution in [0.15, 0.2) is 40.1 Å². The Hall–Kier alpha value is -1.93. The lowest BCUT2D eigenvalue weighted by Crippen LogP contribution is -2.40. The summed E-state index contributed by atoms with van der Waals surface area (Å²) in [5, 5.41) is 15.1. The van der Waals surface area contributed by atoms with Gasteiger partial charge in [-0.2, -0.15) is 0 Å². The van der Waals surface area contributed by atoms with Gasteiger partial charge in [0.15, 0.2) is 5.96 Å². The predicted octanol–water partition coefficient (Wildman–Crippen LogP) is 2.94. The zero-order valence-electron chi connectivity index (χ0n) is 16.6. The zero-order valence-corrected chi connectivity index (χ0v) is 18.2. The van der Waals surface area contributed by atoms with E-state index in [-0.39, 0.29) is 6.04 Å². The molecule has 0 saturated carbocycles. The van der Waals surface area contributed by atoms with E-state index in [1.165, 1.54) is 5.56 Å². The lowest BCUT2D eigenvalue weighted by Gasteiger charge is -2.20. The minimum atomic E-state index is 0.128. The minimum Gasteiger partial charge on any atom is -0.381 e. The highest BCUT2D eigenvalue weighted by atomic mass is 79.9. The van der Waals surface area contributed by atoms with Gasteiger partial charge in [0.25, 0.3) is 0 Å². The fourth-order valence-corrected chi connectivity index (χ4v) is 3.87. The normalized spacial score (nSPS) is 18.2. The molecule has 8 heteroatoms. The molecule has 2 heterocycles. The summed E-state index contributed by atoms with van der Waals surface area (Å²) >= 11 is 3.64. The van der Waals surface area contributed by atoms with Gasteiger partial charge in [0.2, 0.25) is 0 Å². The molecule has 2 unspecified atom stereocenters. The van der Waals surface area contributed by atoms with Gasteiger partial charge in [0, 0.05) is 43.1 Å². The van der Waals surface area contributed by atoms with Gasteiger partial charge in [-0.05, 0) is 25.0 Å². The molecule has 1 aliphatic rings. The summed E-state index contributed by atoms with van der Waals surface area (Å²) in [6.07, 6.45) is 3.74. The largest absolute Gasteiger partial charge is 0.381 e. The van der Waals surface area contributed by atoms with Crippen LogP contribution in [-0.2, 0) is 17.7 Å². The summed E-state index contributed by atoms with van der Waals surface area (Å²) < 4.78 is 8.65. The molecule has 1 aromatic heterocycles. The lowest BCUT2D eigenvalue weighted by molar-refractivity contribution is 0.187. The molecule has 0 radical (unpaired) electrons. The summed E-state index contributed by atoms with van der Waals surface area (Å²) in [6, 6.07) is 8.39. The van der Waals surface area contributed by atoms with E-state index in [0.717, 1.165) is 61.9 Å². The highest BCUT2D eigenvalue weighted by Gasteiger charge is 2.16. The molecule has 152 valence electrons. The van der Waals surface area contributed by atoms with Gasteiger partial charge >= 0.3 is 0 Å². The van der Waals surface area contributed by atoms with Crippen molar-refractivity contribution in [2.24, 2.45) is 10.9 Å². The van der Waals surface area contributed by atoms with Gasteiger partial charge in [-0.15, -0.1) is 10.2 Å². The monoisotopic (exact) mass is 448 g/mol. The SMILES string of the molecule is CCc1nncn1CCNC(=NCC1CCOC1)NC(C)c1ccccc1Br. The van der Waals surface area contributed by atoms with Crippen LogP contribution in [0.4, 0.5) is 0 Å². The number of benzene rings is 1. The maximum Gasteiger partial charge on any atom is 0.191 e. The number of nitrogens with zero attached hydrogens (tertiary/aromatic N) is 4. The van der Waals surface area contributed by atoms with E-state index in [2.05, 4.69) is 73.4 Å². The third kappa shape index (κ3) is 5.78. The highest BCUT2D eigenvalue weighted by molar-refractivity contribution is 9.10. The first-order valence-electron chi connectivity index (χ1n) is 9.91. The summed E-state index contributed by atoms with van der Waals surface area (Å²) in [4.78, 5) is 4.82. The Morgan fingerprint density at radius 3 is 3.04 bits per heavy atom. The predicted molar refractivity (Wildman–Crippen MR) is 114 cm³/mol. The maximum atomic E-state index is 5.48. The van der Waals surface area contributed by atoms with Crippen LogP contribution in [0.2, 0.25) is 0 Å². The van der Waals surface area contributed by atoms with Gasteiger partial charge in [0.1, 0.15) is 12.2 Å². The first-order chi connectivity index (χ1) is 13.7. The van der Waals surface area contributed by atoms with Crippen molar-refractivity contribution < 1.29 is 4.74 Å². The second-order valence-electron chi connectivity index (χ2n) is 7.03. The number of guanidine groups is 1. The minimum absolute atomic E-state index is 0.128. The third-order valence-electron chi connectivity index (χ3n) is 4.91. The number of halogens is 1. The number of nitrogens with one attached hydrogen (secondary N) is 2. The molecule has 2 aromatic rings. The molecule has 7 nitrogen and oxygen atoms in total. The van der Waals surface area contributed by atoms with Crippen molar-refractivity contribution in [3.8, 4) is 0 Å². The topological polar surface area (TPSA) is 76.4 Å². The van der Waals surface area contributed by atoms with Crippen LogP contribution in [0.25, 0.3) is 0 Å². The second-order valence-corrected chi connectivity index (χ2v) is 7.88. The molecule has 2 atom stereocenters. The van der Waals surface area contributed by atoms with Crippen molar-refractivity contribution in [2.45, 2.75) is 39.3 Å². The summed E-state index contributed by atoms with van der Waals surface area (Å²) in [7, 11) is 0. The van der Waals surface area contributed by atoms with E-state index in [0.29, 0.717) is 5.92 Å². The Bertz CT molecular complexity index is 772. The summed E-state index contributed by atoms with van der Waals surface area (Å²) in [5.41, 5.74) is 1.20. The second kappa shape index (κ2) is 10.6. The molecule has 1 saturated heterocycles. The number of aryl methyl sites for hydroxylation is 1. The van der Waals surface area contributed by atoms with Crippen LogP contribution in [0.1, 0.15) is 37.7 Å². The van der Waals surface area contributed by atoms with Gasteiger partial charge in [-0.3, -0.25) is 4.99 Å². The van der Waals surface area contributed by atoms with Crippen molar-refractivity contribution in [3.05, 3.63) is 46.5 Å². The van der Waals surface area contributed by atoms with E-state index in [1.54, 1.807) is 6.33 Å². The van der Waals surface area contributed by atoms with E-state index in [9.17, 15) is 0 Å². The average Bonchev–Trinajstić information content (AvgIpc) is 3.37. The molecule has 1 aliphatic heterocycles. The van der Waals surface area contributed by atoms with Gasteiger partial charge < -0.3 is 19.9 Å². The Balaban J connectivity index is 1.62. The smallest absolute Gasteiger partial charge is 0.191 e. The fourth-order valence-electron chi connectivity index (χ4n) is 3.24. The standard InChI is InChI=1S/C20H29BrN6O/c1-3-19-26-24-14-27(19)10-9-22-20(23-12-16-8-11-28-13-16)25-15(2)17-6-4-5-7-18(17)21/h4-7,14-16H,3,8-13H2,1-2H3,(H2,22,23,25). The lowest BCUT2D eigenvalue weighted by atomic mass is 10.1. The van der Waals surface area contributed by atoms with Crippen LogP contribution in [0.3, 0.4) is 0 Å². The zero-order chi connectivity index (χ0) is 19.8. The van der Waals surface area contributed by atoms with Crippen LogP contribution >= 0.6 is 15.9 Å². The van der Waals surface area contributed by atoms with Gasteiger partial charge in [-0.1, -0.05) is 41.1 Å². The molecule has 1 fully saturated rings. The number of aliphatic imine (C=N–C) groups is 1. The molecule has 0 bridgehead atoms. The summed E-state index contributed by atoms with van der Waals surface area (Å²) in [5.74, 6) is 2.32. The Morgan fingerprint density at radius 1 is 1.43 bits per heavy atom. The van der Waals surface area contributed by atoms with Crippen molar-refractivity contribution in [2.75, 3.05) is 26.3 Å². The van der Waals surface area contributed by atoms with Gasteiger partial charge in [-0.25, -0.2) is 0 Å². The molecule has 28 heavy (non-hydrogen) atoms. The first kappa shape index (κ1) is 20.8. The first-order valence-corrected chi connectivity index (χ1v) is 10.7. The van der Waals surface area contributed by atoms with E-state index in [1.807, 2.05) is 6.07 Å². The van der Waals surface area contributed by atoms with Crippen molar-refractivity contribution in [1.29, 1.82) is 0 Å². The molecule has 2 N–H and O–H groups in total. The molecular weight excluding hydrogens is 420 g/mol. The molecule has 1 aromatic carbocycles. The van der Waals surface area contributed by atoms with Crippen LogP contribution < -0.4 is 10.6 Å². The highest BCUT2D eigenvalue weighted by Crippen LogP contribution is 2.22. The van der Waals surface area contributed by atoms with Crippen LogP contribution in [0.5, 0.6) is 0 Å². The molecule has 0 spiro atoms. The Kier molecular flexibility index (Phi) is 7.85.